The number of hydrogen-bond donors (Lipinski definition) is 2. The fourth-order valence-electron chi connectivity index (χ4n) is 1.09. The first-order valence-electron chi connectivity index (χ1n) is 4.86. The molecule has 0 atom stereocenters. The lowest BCUT2D eigenvalue weighted by molar-refractivity contribution is -0.138. The molecule has 0 radical (unpaired) electrons. The van der Waals surface area contributed by atoms with E-state index in [4.69, 9.17) is 21.4 Å². The lowest BCUT2D eigenvalue weighted by atomic mass is 10.2. The van der Waals surface area contributed by atoms with Gasteiger partial charge in [-0.2, -0.15) is 0 Å². The van der Waals surface area contributed by atoms with Gasteiger partial charge in [-0.15, -0.1) is 0 Å². The number of aliphatic carboxylic acids is 1. The van der Waals surface area contributed by atoms with Crippen LogP contribution in [0, 0.1) is 6.92 Å². The predicted octanol–water partition coefficient (Wildman–Crippen LogP) is 1.23. The van der Waals surface area contributed by atoms with E-state index in [9.17, 15) is 9.59 Å². The van der Waals surface area contributed by atoms with Gasteiger partial charge in [0.2, 0.25) is 0 Å². The van der Waals surface area contributed by atoms with Crippen LogP contribution in [0.1, 0.15) is 5.56 Å². The minimum absolute atomic E-state index is 0.267. The number of nitrogens with one attached hydrogen (secondary N) is 1. The topological polar surface area (TPSA) is 75.6 Å². The zero-order valence-corrected chi connectivity index (χ0v) is 9.95. The lowest BCUT2D eigenvalue weighted by Crippen LogP contribution is -2.33. The quantitative estimate of drug-likeness (QED) is 0.832. The summed E-state index contributed by atoms with van der Waals surface area (Å²) in [5.41, 5.74) is 0.954. The Morgan fingerprint density at radius 3 is 2.82 bits per heavy atom. The number of carbonyl (C=O) groups excluding carboxylic acids is 1. The van der Waals surface area contributed by atoms with Gasteiger partial charge in [-0.05, 0) is 24.6 Å². The Morgan fingerprint density at radius 1 is 1.47 bits per heavy atom. The van der Waals surface area contributed by atoms with E-state index in [0.717, 1.165) is 5.56 Å². The minimum atomic E-state index is -1.10. The first-order chi connectivity index (χ1) is 7.99. The lowest BCUT2D eigenvalue weighted by Gasteiger charge is -2.08. The number of aryl methyl sites for hydroxylation is 1. The van der Waals surface area contributed by atoms with Crippen LogP contribution in [0.3, 0.4) is 0 Å². The number of ether oxygens (including phenoxy) is 1. The summed E-state index contributed by atoms with van der Waals surface area (Å²) in [7, 11) is 0. The van der Waals surface area contributed by atoms with Crippen molar-refractivity contribution in [2.24, 2.45) is 0 Å². The summed E-state index contributed by atoms with van der Waals surface area (Å²) in [6, 6.07) is 5.19. The van der Waals surface area contributed by atoms with Crippen LogP contribution in [0.15, 0.2) is 18.2 Å². The second-order valence-corrected chi connectivity index (χ2v) is 3.80. The molecule has 0 aromatic heterocycles. The molecule has 1 aromatic rings. The molecule has 0 saturated carbocycles. The standard InChI is InChI=1S/C11H12ClNO4/c1-7-2-3-8(12)9(4-7)17-6-10(14)13-5-11(15)16/h2-4H,5-6H2,1H3,(H,13,14)(H,15,16). The van der Waals surface area contributed by atoms with Crippen LogP contribution in [0.25, 0.3) is 0 Å². The summed E-state index contributed by atoms with van der Waals surface area (Å²) in [4.78, 5) is 21.4. The van der Waals surface area contributed by atoms with Gasteiger partial charge in [0.1, 0.15) is 12.3 Å². The number of carboxylic acids is 1. The zero-order chi connectivity index (χ0) is 12.8. The molecule has 0 unspecified atom stereocenters. The molecule has 0 fully saturated rings. The monoisotopic (exact) mass is 257 g/mol. The van der Waals surface area contributed by atoms with Gasteiger partial charge in [0.25, 0.3) is 5.91 Å². The normalized spacial score (nSPS) is 9.76. The maximum Gasteiger partial charge on any atom is 0.322 e. The molecule has 92 valence electrons. The van der Waals surface area contributed by atoms with Crippen molar-refractivity contribution in [2.45, 2.75) is 6.92 Å². The van der Waals surface area contributed by atoms with Crippen molar-refractivity contribution in [3.8, 4) is 5.75 Å². The van der Waals surface area contributed by atoms with E-state index in [-0.39, 0.29) is 6.61 Å². The molecule has 6 heteroatoms. The van der Waals surface area contributed by atoms with Crippen LogP contribution in [0.5, 0.6) is 5.75 Å². The Bertz CT molecular complexity index is 433. The SMILES string of the molecule is Cc1ccc(Cl)c(OCC(=O)NCC(=O)O)c1. The minimum Gasteiger partial charge on any atom is -0.482 e. The molecule has 17 heavy (non-hydrogen) atoms. The number of carbonyl (C=O) groups is 2. The maximum absolute atomic E-state index is 11.2. The third-order valence-electron chi connectivity index (χ3n) is 1.88. The molecule has 1 aromatic carbocycles. The number of benzene rings is 1. The maximum atomic E-state index is 11.2. The van der Waals surface area contributed by atoms with Crippen LogP contribution in [0.2, 0.25) is 5.02 Å². The molecular formula is C11H12ClNO4. The van der Waals surface area contributed by atoms with Crippen molar-refractivity contribution in [2.75, 3.05) is 13.2 Å². The predicted molar refractivity (Wildman–Crippen MR) is 62.3 cm³/mol. The Labute approximate surface area is 103 Å². The van der Waals surface area contributed by atoms with Crippen molar-refractivity contribution in [1.82, 2.24) is 5.32 Å². The highest BCUT2D eigenvalue weighted by Gasteiger charge is 2.07. The summed E-state index contributed by atoms with van der Waals surface area (Å²) >= 11 is 5.86. The van der Waals surface area contributed by atoms with Gasteiger partial charge in [-0.1, -0.05) is 17.7 Å². The zero-order valence-electron chi connectivity index (χ0n) is 9.20. The largest absolute Gasteiger partial charge is 0.482 e. The molecule has 0 saturated heterocycles. The molecule has 5 nitrogen and oxygen atoms in total. The van der Waals surface area contributed by atoms with Gasteiger partial charge < -0.3 is 15.2 Å². The van der Waals surface area contributed by atoms with Crippen molar-refractivity contribution < 1.29 is 19.4 Å². The molecule has 0 aliphatic rings. The van der Waals surface area contributed by atoms with Gasteiger partial charge in [0.15, 0.2) is 6.61 Å². The molecule has 0 heterocycles. The highest BCUT2D eigenvalue weighted by Crippen LogP contribution is 2.24. The van der Waals surface area contributed by atoms with Crippen molar-refractivity contribution in [1.29, 1.82) is 0 Å². The Hall–Kier alpha value is -1.75. The smallest absolute Gasteiger partial charge is 0.322 e. The van der Waals surface area contributed by atoms with E-state index in [1.165, 1.54) is 0 Å². The third kappa shape index (κ3) is 4.74. The van der Waals surface area contributed by atoms with Crippen LogP contribution in [-0.2, 0) is 9.59 Å². The second kappa shape index (κ2) is 6.10. The average molecular weight is 258 g/mol. The van der Waals surface area contributed by atoms with Gasteiger partial charge in [0.05, 0.1) is 5.02 Å². The third-order valence-corrected chi connectivity index (χ3v) is 2.19. The molecule has 1 amide bonds. The van der Waals surface area contributed by atoms with E-state index in [1.54, 1.807) is 12.1 Å². The number of carboxylic acid groups (broad SMARTS) is 1. The van der Waals surface area contributed by atoms with Gasteiger partial charge in [-0.25, -0.2) is 0 Å². The van der Waals surface area contributed by atoms with E-state index in [2.05, 4.69) is 5.32 Å². The Kier molecular flexibility index (Phi) is 4.78. The highest BCUT2D eigenvalue weighted by molar-refractivity contribution is 6.32. The molecule has 1 rings (SSSR count). The first kappa shape index (κ1) is 13.3. The molecule has 0 aliphatic carbocycles. The van der Waals surface area contributed by atoms with Gasteiger partial charge in [-0.3, -0.25) is 9.59 Å². The van der Waals surface area contributed by atoms with Crippen LogP contribution in [0.4, 0.5) is 0 Å². The van der Waals surface area contributed by atoms with Gasteiger partial charge in [0, 0.05) is 0 Å². The summed E-state index contributed by atoms with van der Waals surface area (Å²) < 4.78 is 5.17. The average Bonchev–Trinajstić information content (AvgIpc) is 2.27. The molecular weight excluding hydrogens is 246 g/mol. The number of amides is 1. The molecule has 0 aliphatic heterocycles. The van der Waals surface area contributed by atoms with Crippen LogP contribution in [-0.4, -0.2) is 30.1 Å². The highest BCUT2D eigenvalue weighted by atomic mass is 35.5. The molecule has 0 spiro atoms. The van der Waals surface area contributed by atoms with E-state index in [0.29, 0.717) is 10.8 Å². The summed E-state index contributed by atoms with van der Waals surface area (Å²) in [6.45, 7) is 1.17. The van der Waals surface area contributed by atoms with Crippen LogP contribution >= 0.6 is 11.6 Å². The second-order valence-electron chi connectivity index (χ2n) is 3.39. The number of halogens is 1. The Balaban J connectivity index is 2.47. The molecule has 2 N–H and O–H groups in total. The van der Waals surface area contributed by atoms with Crippen LogP contribution < -0.4 is 10.1 Å². The fourth-order valence-corrected chi connectivity index (χ4v) is 1.26. The van der Waals surface area contributed by atoms with Crippen molar-refractivity contribution >= 4 is 23.5 Å². The summed E-state index contributed by atoms with van der Waals surface area (Å²) in [5.74, 6) is -1.21. The van der Waals surface area contributed by atoms with Crippen molar-refractivity contribution in [3.63, 3.8) is 0 Å². The Morgan fingerprint density at radius 2 is 2.18 bits per heavy atom. The summed E-state index contributed by atoms with van der Waals surface area (Å²) in [6.07, 6.45) is 0. The first-order valence-corrected chi connectivity index (χ1v) is 5.24. The van der Waals surface area contributed by atoms with Crippen molar-refractivity contribution in [3.05, 3.63) is 28.8 Å². The van der Waals surface area contributed by atoms with Gasteiger partial charge >= 0.3 is 5.97 Å². The molecule has 0 bridgehead atoms. The van der Waals surface area contributed by atoms with E-state index < -0.39 is 18.4 Å². The number of hydrogen-bond acceptors (Lipinski definition) is 3. The fraction of sp³-hybridized carbons (Fsp3) is 0.273. The van der Waals surface area contributed by atoms with E-state index in [1.807, 2.05) is 13.0 Å². The summed E-state index contributed by atoms with van der Waals surface area (Å²) in [5, 5.41) is 10.9. The number of rotatable bonds is 5. The van der Waals surface area contributed by atoms with E-state index >= 15 is 0 Å².